The lowest BCUT2D eigenvalue weighted by Gasteiger charge is -2.12. The molecular weight excluding hydrogens is 448 g/mol. The first-order valence-corrected chi connectivity index (χ1v) is 11.6. The molecule has 0 saturated carbocycles. The van der Waals surface area contributed by atoms with E-state index in [0.29, 0.717) is 36.2 Å². The zero-order chi connectivity index (χ0) is 23.6. The molecule has 0 spiro atoms. The maximum absolute atomic E-state index is 11.7. The number of fused-ring (bicyclic) bond motifs is 1. The number of benzene rings is 1. The van der Waals surface area contributed by atoms with Crippen LogP contribution in [0, 0.1) is 10.1 Å². The Balaban J connectivity index is 1.48. The van der Waals surface area contributed by atoms with Gasteiger partial charge in [-0.3, -0.25) is 14.5 Å². The van der Waals surface area contributed by atoms with Gasteiger partial charge in [0.25, 0.3) is 0 Å². The SMILES string of the molecule is CS(=O)(=O)c1ccc(-c2cc3nccn3c(NCCNc3ccc([N+](=O)[O-])c(N)n3)n2)cc1. The minimum Gasteiger partial charge on any atom is -0.378 e. The van der Waals surface area contributed by atoms with E-state index in [2.05, 4.69) is 25.6 Å². The normalized spacial score (nSPS) is 11.4. The average Bonchev–Trinajstić information content (AvgIpc) is 3.25. The third-order valence-corrected chi connectivity index (χ3v) is 5.91. The number of rotatable bonds is 8. The van der Waals surface area contributed by atoms with Crippen LogP contribution in [0.3, 0.4) is 0 Å². The first-order chi connectivity index (χ1) is 15.7. The second-order valence-corrected chi connectivity index (χ2v) is 9.14. The Morgan fingerprint density at radius 1 is 1.09 bits per heavy atom. The number of nitrogens with two attached hydrogens (primary N) is 1. The van der Waals surface area contributed by atoms with Crippen molar-refractivity contribution in [2.45, 2.75) is 4.90 Å². The Labute approximate surface area is 188 Å². The van der Waals surface area contributed by atoms with Crippen LogP contribution in [0.5, 0.6) is 0 Å². The minimum absolute atomic E-state index is 0.158. The number of nitrogen functional groups attached to an aromatic ring is 1. The molecule has 0 saturated heterocycles. The largest absolute Gasteiger partial charge is 0.378 e. The summed E-state index contributed by atoms with van der Waals surface area (Å²) in [5.74, 6) is 0.805. The van der Waals surface area contributed by atoms with E-state index in [1.807, 2.05) is 6.07 Å². The fourth-order valence-corrected chi connectivity index (χ4v) is 3.78. The Bertz CT molecular complexity index is 1430. The summed E-state index contributed by atoms with van der Waals surface area (Å²) in [7, 11) is -3.29. The second-order valence-electron chi connectivity index (χ2n) is 7.13. The van der Waals surface area contributed by atoms with Crippen molar-refractivity contribution in [1.82, 2.24) is 19.4 Å². The van der Waals surface area contributed by atoms with E-state index in [4.69, 9.17) is 5.73 Å². The number of imidazole rings is 1. The van der Waals surface area contributed by atoms with Gasteiger partial charge in [0.15, 0.2) is 9.84 Å². The van der Waals surface area contributed by atoms with Crippen LogP contribution in [0.4, 0.5) is 23.3 Å². The van der Waals surface area contributed by atoms with Gasteiger partial charge in [-0.2, -0.15) is 0 Å². The maximum atomic E-state index is 11.7. The van der Waals surface area contributed by atoms with Crippen molar-refractivity contribution >= 4 is 38.8 Å². The molecule has 0 radical (unpaired) electrons. The van der Waals surface area contributed by atoms with Crippen molar-refractivity contribution < 1.29 is 13.3 Å². The van der Waals surface area contributed by atoms with Gasteiger partial charge < -0.3 is 16.4 Å². The van der Waals surface area contributed by atoms with Gasteiger partial charge in [0.2, 0.25) is 11.8 Å². The van der Waals surface area contributed by atoms with Crippen LogP contribution >= 0.6 is 0 Å². The molecule has 0 aliphatic carbocycles. The molecule has 0 aliphatic rings. The summed E-state index contributed by atoms with van der Waals surface area (Å²) >= 11 is 0. The number of nitro groups is 1. The molecule has 3 aromatic heterocycles. The number of aromatic nitrogens is 4. The molecule has 4 aromatic rings. The van der Waals surface area contributed by atoms with Crippen LogP contribution in [0.2, 0.25) is 0 Å². The molecular formula is C20H20N8O4S. The molecule has 0 fully saturated rings. The van der Waals surface area contributed by atoms with Crippen LogP contribution in [0.1, 0.15) is 0 Å². The quantitative estimate of drug-likeness (QED) is 0.198. The minimum atomic E-state index is -3.29. The van der Waals surface area contributed by atoms with Gasteiger partial charge in [-0.15, -0.1) is 0 Å². The Morgan fingerprint density at radius 3 is 2.48 bits per heavy atom. The molecule has 13 heteroatoms. The molecule has 170 valence electrons. The van der Waals surface area contributed by atoms with Crippen molar-refractivity contribution in [3.05, 3.63) is 65.0 Å². The van der Waals surface area contributed by atoms with Gasteiger partial charge in [0, 0.05) is 49.4 Å². The third kappa shape index (κ3) is 4.82. The summed E-state index contributed by atoms with van der Waals surface area (Å²) in [6.07, 6.45) is 4.58. The Hall–Kier alpha value is -4.26. The second kappa shape index (κ2) is 8.70. The Kier molecular flexibility index (Phi) is 5.79. The lowest BCUT2D eigenvalue weighted by Crippen LogP contribution is -2.17. The van der Waals surface area contributed by atoms with Gasteiger partial charge in [-0.25, -0.2) is 23.4 Å². The number of hydrogen-bond acceptors (Lipinski definition) is 10. The van der Waals surface area contributed by atoms with Gasteiger partial charge in [0.1, 0.15) is 11.5 Å². The van der Waals surface area contributed by atoms with Gasteiger partial charge in [-0.05, 0) is 18.2 Å². The predicted octanol–water partition coefficient (Wildman–Crippen LogP) is 2.21. The van der Waals surface area contributed by atoms with Crippen molar-refractivity contribution in [2.75, 3.05) is 35.7 Å². The summed E-state index contributed by atoms with van der Waals surface area (Å²) in [6, 6.07) is 11.1. The van der Waals surface area contributed by atoms with Crippen LogP contribution in [-0.2, 0) is 9.84 Å². The van der Waals surface area contributed by atoms with Crippen LogP contribution in [0.25, 0.3) is 16.9 Å². The van der Waals surface area contributed by atoms with Gasteiger partial charge in [0.05, 0.1) is 15.5 Å². The van der Waals surface area contributed by atoms with E-state index >= 15 is 0 Å². The van der Waals surface area contributed by atoms with Crippen molar-refractivity contribution in [3.8, 4) is 11.3 Å². The lowest BCUT2D eigenvalue weighted by molar-refractivity contribution is -0.384. The van der Waals surface area contributed by atoms with E-state index in [1.165, 1.54) is 12.1 Å². The van der Waals surface area contributed by atoms with Crippen LogP contribution < -0.4 is 16.4 Å². The molecule has 1 aromatic carbocycles. The van der Waals surface area contributed by atoms with E-state index in [9.17, 15) is 18.5 Å². The molecule has 0 unspecified atom stereocenters. The fraction of sp³-hybridized carbons (Fsp3) is 0.150. The van der Waals surface area contributed by atoms with Crippen molar-refractivity contribution in [2.24, 2.45) is 0 Å². The number of anilines is 3. The first kappa shape index (κ1) is 22.0. The third-order valence-electron chi connectivity index (χ3n) is 4.78. The van der Waals surface area contributed by atoms with E-state index in [0.717, 1.165) is 11.8 Å². The standard InChI is InChI=1S/C20H20N8O4S/c1-33(31,32)14-4-2-13(3-5-14)15-12-18-23-10-11-27(18)20(25-15)24-9-8-22-17-7-6-16(28(29)30)19(21)26-17/h2-7,10-12H,8-9H2,1H3,(H,24,25)(H3,21,22,26). The van der Waals surface area contributed by atoms with E-state index in [-0.39, 0.29) is 16.4 Å². The number of sulfone groups is 1. The number of nitrogens with zero attached hydrogens (tertiary/aromatic N) is 5. The van der Waals surface area contributed by atoms with E-state index < -0.39 is 14.8 Å². The van der Waals surface area contributed by atoms with Crippen LogP contribution in [0.15, 0.2) is 59.8 Å². The Morgan fingerprint density at radius 2 is 1.82 bits per heavy atom. The van der Waals surface area contributed by atoms with Gasteiger partial charge in [-0.1, -0.05) is 12.1 Å². The average molecular weight is 468 g/mol. The summed E-state index contributed by atoms with van der Waals surface area (Å²) in [6.45, 7) is 0.894. The van der Waals surface area contributed by atoms with Crippen molar-refractivity contribution in [1.29, 1.82) is 0 Å². The summed E-state index contributed by atoms with van der Waals surface area (Å²) in [5.41, 5.74) is 7.42. The molecule has 0 aliphatic heterocycles. The van der Waals surface area contributed by atoms with Crippen molar-refractivity contribution in [3.63, 3.8) is 0 Å². The summed E-state index contributed by atoms with van der Waals surface area (Å²) < 4.78 is 25.2. The highest BCUT2D eigenvalue weighted by Gasteiger charge is 2.13. The maximum Gasteiger partial charge on any atom is 0.311 e. The molecule has 3 heterocycles. The van der Waals surface area contributed by atoms with Crippen LogP contribution in [-0.4, -0.2) is 52.0 Å². The first-order valence-electron chi connectivity index (χ1n) is 9.75. The number of hydrogen-bond donors (Lipinski definition) is 3. The zero-order valence-corrected chi connectivity index (χ0v) is 18.3. The molecule has 0 atom stereocenters. The molecule has 0 bridgehead atoms. The smallest absolute Gasteiger partial charge is 0.311 e. The monoisotopic (exact) mass is 468 g/mol. The summed E-state index contributed by atoms with van der Waals surface area (Å²) in [4.78, 5) is 23.4. The zero-order valence-electron chi connectivity index (χ0n) is 17.5. The van der Waals surface area contributed by atoms with Gasteiger partial charge >= 0.3 is 5.69 Å². The molecule has 33 heavy (non-hydrogen) atoms. The highest BCUT2D eigenvalue weighted by Crippen LogP contribution is 2.23. The molecule has 0 amide bonds. The lowest BCUT2D eigenvalue weighted by atomic mass is 10.1. The number of nitrogens with one attached hydrogen (secondary N) is 2. The summed E-state index contributed by atoms with van der Waals surface area (Å²) in [5, 5.41) is 17.1. The molecule has 12 nitrogen and oxygen atoms in total. The molecule has 4 rings (SSSR count). The fourth-order valence-electron chi connectivity index (χ4n) is 3.15. The highest BCUT2D eigenvalue weighted by atomic mass is 32.2. The topological polar surface area (TPSA) is 170 Å². The number of pyridine rings is 1. The molecule has 4 N–H and O–H groups in total. The van der Waals surface area contributed by atoms with E-state index in [1.54, 1.807) is 41.1 Å². The predicted molar refractivity (Wildman–Crippen MR) is 124 cm³/mol. The highest BCUT2D eigenvalue weighted by molar-refractivity contribution is 7.90.